The lowest BCUT2D eigenvalue weighted by atomic mass is 9.71. The van der Waals surface area contributed by atoms with E-state index in [-0.39, 0.29) is 5.54 Å². The maximum Gasteiger partial charge on any atom is 0.0154 e. The molecule has 0 heterocycles. The quantitative estimate of drug-likeness (QED) is 0.549. The molecule has 0 bridgehead atoms. The van der Waals surface area contributed by atoms with Crippen LogP contribution in [0.4, 0.5) is 0 Å². The monoisotopic (exact) mass is 141 g/mol. The molecule has 3 atom stereocenters. The van der Waals surface area contributed by atoms with Crippen LogP contribution < -0.4 is 5.73 Å². The van der Waals surface area contributed by atoms with Crippen LogP contribution in [0.3, 0.4) is 0 Å². The number of hydrogen-bond donors (Lipinski definition) is 1. The van der Waals surface area contributed by atoms with Crippen molar-refractivity contribution in [2.24, 2.45) is 17.6 Å². The van der Waals surface area contributed by atoms with E-state index in [1.54, 1.807) is 0 Å². The third-order valence-corrected chi connectivity index (χ3v) is 3.01. The van der Waals surface area contributed by atoms with E-state index in [0.717, 1.165) is 5.92 Å². The zero-order valence-corrected chi connectivity index (χ0v) is 7.35. The second kappa shape index (κ2) is 2.54. The van der Waals surface area contributed by atoms with Crippen LogP contribution in [0.25, 0.3) is 0 Å². The van der Waals surface area contributed by atoms with Crippen molar-refractivity contribution in [3.05, 3.63) is 0 Å². The van der Waals surface area contributed by atoms with Gasteiger partial charge in [0.1, 0.15) is 0 Å². The van der Waals surface area contributed by atoms with E-state index in [4.69, 9.17) is 5.73 Å². The minimum atomic E-state index is 0.109. The van der Waals surface area contributed by atoms with Gasteiger partial charge < -0.3 is 5.73 Å². The maximum absolute atomic E-state index is 6.11. The summed E-state index contributed by atoms with van der Waals surface area (Å²) in [6.07, 6.45) is 3.89. The Bertz CT molecular complexity index is 118. The van der Waals surface area contributed by atoms with Crippen molar-refractivity contribution in [2.75, 3.05) is 0 Å². The molecule has 1 heteroatoms. The molecule has 60 valence electrons. The molecule has 0 radical (unpaired) electrons. The van der Waals surface area contributed by atoms with Crippen molar-refractivity contribution in [1.29, 1.82) is 0 Å². The van der Waals surface area contributed by atoms with Gasteiger partial charge in [-0.25, -0.2) is 0 Å². The van der Waals surface area contributed by atoms with Gasteiger partial charge in [-0.2, -0.15) is 0 Å². The van der Waals surface area contributed by atoms with Gasteiger partial charge in [-0.3, -0.25) is 0 Å². The van der Waals surface area contributed by atoms with E-state index < -0.39 is 0 Å². The molecule has 1 fully saturated rings. The van der Waals surface area contributed by atoms with Gasteiger partial charge in [-0.1, -0.05) is 20.3 Å². The van der Waals surface area contributed by atoms with Crippen molar-refractivity contribution >= 4 is 0 Å². The predicted molar refractivity (Wildman–Crippen MR) is 44.8 cm³/mol. The first-order chi connectivity index (χ1) is 4.52. The lowest BCUT2D eigenvalue weighted by molar-refractivity contribution is 0.179. The molecule has 0 unspecified atom stereocenters. The van der Waals surface area contributed by atoms with Crippen LogP contribution in [0.15, 0.2) is 0 Å². The minimum Gasteiger partial charge on any atom is -0.325 e. The van der Waals surface area contributed by atoms with Crippen molar-refractivity contribution < 1.29 is 0 Å². The lowest BCUT2D eigenvalue weighted by Crippen LogP contribution is -2.47. The second-order valence-corrected chi connectivity index (χ2v) is 4.29. The molecule has 0 spiro atoms. The van der Waals surface area contributed by atoms with Crippen molar-refractivity contribution in [1.82, 2.24) is 0 Å². The first kappa shape index (κ1) is 8.06. The fourth-order valence-corrected chi connectivity index (χ4v) is 1.92. The molecule has 0 aromatic heterocycles. The molecule has 2 N–H and O–H groups in total. The number of rotatable bonds is 0. The summed E-state index contributed by atoms with van der Waals surface area (Å²) >= 11 is 0. The summed E-state index contributed by atoms with van der Waals surface area (Å²) in [6, 6.07) is 0. The van der Waals surface area contributed by atoms with Gasteiger partial charge in [0.2, 0.25) is 0 Å². The van der Waals surface area contributed by atoms with Gasteiger partial charge in [0, 0.05) is 5.54 Å². The van der Waals surface area contributed by atoms with Gasteiger partial charge in [0.15, 0.2) is 0 Å². The van der Waals surface area contributed by atoms with Crippen LogP contribution in [-0.4, -0.2) is 5.54 Å². The van der Waals surface area contributed by atoms with Gasteiger partial charge in [0.25, 0.3) is 0 Å². The van der Waals surface area contributed by atoms with Crippen LogP contribution in [-0.2, 0) is 0 Å². The average Bonchev–Trinajstić information content (AvgIpc) is 1.78. The highest BCUT2D eigenvalue weighted by Crippen LogP contribution is 2.34. The van der Waals surface area contributed by atoms with Crippen LogP contribution in [0.5, 0.6) is 0 Å². The van der Waals surface area contributed by atoms with E-state index in [2.05, 4.69) is 20.8 Å². The van der Waals surface area contributed by atoms with Gasteiger partial charge >= 0.3 is 0 Å². The van der Waals surface area contributed by atoms with Crippen molar-refractivity contribution in [3.8, 4) is 0 Å². The van der Waals surface area contributed by atoms with Crippen molar-refractivity contribution in [3.63, 3.8) is 0 Å². The van der Waals surface area contributed by atoms with Crippen LogP contribution in [0.1, 0.15) is 40.0 Å². The first-order valence-corrected chi connectivity index (χ1v) is 4.31. The summed E-state index contributed by atoms with van der Waals surface area (Å²) in [5, 5.41) is 0. The van der Waals surface area contributed by atoms with Crippen LogP contribution in [0.2, 0.25) is 0 Å². The zero-order chi connectivity index (χ0) is 7.78. The molecule has 1 nitrogen and oxygen atoms in total. The Labute approximate surface area is 64.0 Å². The van der Waals surface area contributed by atoms with Gasteiger partial charge in [0.05, 0.1) is 0 Å². The van der Waals surface area contributed by atoms with Gasteiger partial charge in [-0.05, 0) is 31.6 Å². The molecular formula is C9H19N. The molecule has 1 aliphatic carbocycles. The summed E-state index contributed by atoms with van der Waals surface area (Å²) in [7, 11) is 0. The normalized spacial score (nSPS) is 49.2. The fraction of sp³-hybridized carbons (Fsp3) is 1.00. The first-order valence-electron chi connectivity index (χ1n) is 4.31. The van der Waals surface area contributed by atoms with E-state index in [9.17, 15) is 0 Å². The Hall–Kier alpha value is -0.0400. The standard InChI is InChI=1S/C9H19N/c1-7-4-5-8(2)9(3,10)6-7/h7-8H,4-6,10H2,1-3H3/t7-,8+,9-/m1/s1. The SMILES string of the molecule is C[C@@H]1CC[C@H](C)[C@](C)(N)C1. The number of hydrogen-bond acceptors (Lipinski definition) is 1. The Balaban J connectivity index is 2.55. The molecule has 1 saturated carbocycles. The summed E-state index contributed by atoms with van der Waals surface area (Å²) in [6.45, 7) is 6.76. The Kier molecular flexibility index (Phi) is 2.04. The summed E-state index contributed by atoms with van der Waals surface area (Å²) in [5.74, 6) is 1.55. The topological polar surface area (TPSA) is 26.0 Å². The highest BCUT2D eigenvalue weighted by Gasteiger charge is 2.32. The van der Waals surface area contributed by atoms with Crippen LogP contribution >= 0.6 is 0 Å². The smallest absolute Gasteiger partial charge is 0.0154 e. The summed E-state index contributed by atoms with van der Waals surface area (Å²) in [5.41, 5.74) is 6.22. The molecule has 0 saturated heterocycles. The third kappa shape index (κ3) is 1.51. The molecule has 0 aromatic rings. The molecule has 0 aromatic carbocycles. The lowest BCUT2D eigenvalue weighted by Gasteiger charge is -2.39. The molecule has 0 aliphatic heterocycles. The Morgan fingerprint density at radius 1 is 1.30 bits per heavy atom. The van der Waals surface area contributed by atoms with E-state index in [0.29, 0.717) is 5.92 Å². The highest BCUT2D eigenvalue weighted by molar-refractivity contribution is 4.90. The van der Waals surface area contributed by atoms with Gasteiger partial charge in [-0.15, -0.1) is 0 Å². The highest BCUT2D eigenvalue weighted by atomic mass is 14.7. The molecular weight excluding hydrogens is 122 g/mol. The maximum atomic E-state index is 6.11. The zero-order valence-electron chi connectivity index (χ0n) is 7.35. The average molecular weight is 141 g/mol. The summed E-state index contributed by atoms with van der Waals surface area (Å²) < 4.78 is 0. The Morgan fingerprint density at radius 2 is 1.90 bits per heavy atom. The van der Waals surface area contributed by atoms with E-state index in [1.165, 1.54) is 19.3 Å². The molecule has 1 rings (SSSR count). The number of nitrogens with two attached hydrogens (primary N) is 1. The largest absolute Gasteiger partial charge is 0.325 e. The fourth-order valence-electron chi connectivity index (χ4n) is 1.92. The second-order valence-electron chi connectivity index (χ2n) is 4.29. The molecule has 0 amide bonds. The molecule has 1 aliphatic rings. The van der Waals surface area contributed by atoms with E-state index >= 15 is 0 Å². The minimum absolute atomic E-state index is 0.109. The third-order valence-electron chi connectivity index (χ3n) is 3.01. The molecule has 10 heavy (non-hydrogen) atoms. The van der Waals surface area contributed by atoms with E-state index in [1.807, 2.05) is 0 Å². The predicted octanol–water partition coefficient (Wildman–Crippen LogP) is 2.16. The van der Waals surface area contributed by atoms with Crippen molar-refractivity contribution in [2.45, 2.75) is 45.6 Å². The Morgan fingerprint density at radius 3 is 2.30 bits per heavy atom. The summed E-state index contributed by atoms with van der Waals surface area (Å²) in [4.78, 5) is 0. The van der Waals surface area contributed by atoms with Crippen LogP contribution in [0, 0.1) is 11.8 Å².